The Hall–Kier alpha value is -0.880. The molecule has 124 valence electrons. The first-order valence-corrected chi connectivity index (χ1v) is 8.04. The molecule has 0 radical (unpaired) electrons. The molecule has 0 aromatic heterocycles. The molecule has 0 rings (SSSR count). The third-order valence-electron chi connectivity index (χ3n) is 2.37. The van der Waals surface area contributed by atoms with Crippen molar-refractivity contribution >= 4 is 10.1 Å². The molecule has 1 unspecified atom stereocenters. The molecule has 0 fully saturated rings. The van der Waals surface area contributed by atoms with Crippen LogP contribution in [-0.2, 0) is 14.3 Å². The van der Waals surface area contributed by atoms with Crippen LogP contribution in [0.3, 0.4) is 0 Å². The van der Waals surface area contributed by atoms with Crippen molar-refractivity contribution in [3.05, 3.63) is 0 Å². The molecule has 0 bridgehead atoms. The highest BCUT2D eigenvalue weighted by molar-refractivity contribution is 7.86. The minimum Gasteiger partial charge on any atom is -0.247 e. The number of alkyl halides is 5. The maximum Gasteiger partial charge on any atom is 0.457 e. The summed E-state index contributed by atoms with van der Waals surface area (Å²) in [4.78, 5) is 0. The van der Waals surface area contributed by atoms with Gasteiger partial charge in [-0.05, 0) is 6.42 Å². The largest absolute Gasteiger partial charge is 0.457 e. The van der Waals surface area contributed by atoms with Gasteiger partial charge in [0.2, 0.25) is 6.10 Å². The van der Waals surface area contributed by atoms with Gasteiger partial charge in [-0.15, -0.1) is 5.92 Å². The van der Waals surface area contributed by atoms with Crippen molar-refractivity contribution in [2.75, 3.05) is 6.26 Å². The van der Waals surface area contributed by atoms with Gasteiger partial charge in [0.25, 0.3) is 10.1 Å². The van der Waals surface area contributed by atoms with Crippen molar-refractivity contribution in [1.82, 2.24) is 0 Å². The van der Waals surface area contributed by atoms with E-state index in [1.54, 1.807) is 5.92 Å². The smallest absolute Gasteiger partial charge is 0.247 e. The van der Waals surface area contributed by atoms with Gasteiger partial charge in [-0.1, -0.05) is 32.1 Å². The van der Waals surface area contributed by atoms with Gasteiger partial charge in [0.15, 0.2) is 0 Å². The van der Waals surface area contributed by atoms with Gasteiger partial charge in [-0.2, -0.15) is 30.4 Å². The zero-order valence-electron chi connectivity index (χ0n) is 11.6. The van der Waals surface area contributed by atoms with Gasteiger partial charge in [0, 0.05) is 6.42 Å². The Bertz CT molecular complexity index is 473. The van der Waals surface area contributed by atoms with E-state index in [1.807, 2.05) is 6.92 Å². The lowest BCUT2D eigenvalue weighted by molar-refractivity contribution is -0.300. The summed E-state index contributed by atoms with van der Waals surface area (Å²) in [5.74, 6) is -1.66. The summed E-state index contributed by atoms with van der Waals surface area (Å²) in [7, 11) is -4.50. The number of hydrogen-bond acceptors (Lipinski definition) is 3. The van der Waals surface area contributed by atoms with Crippen molar-refractivity contribution in [1.29, 1.82) is 0 Å². The van der Waals surface area contributed by atoms with E-state index in [-0.39, 0.29) is 6.42 Å². The molecular formula is C12H17F5O3S. The third-order valence-corrected chi connectivity index (χ3v) is 2.91. The van der Waals surface area contributed by atoms with Crippen LogP contribution in [0.25, 0.3) is 0 Å². The van der Waals surface area contributed by atoms with E-state index < -0.39 is 28.3 Å². The molecule has 0 N–H and O–H groups in total. The molecule has 0 aromatic rings. The summed E-state index contributed by atoms with van der Waals surface area (Å²) in [5, 5.41) is 0. The lowest BCUT2D eigenvalue weighted by Crippen LogP contribution is -2.48. The topological polar surface area (TPSA) is 43.4 Å². The van der Waals surface area contributed by atoms with Crippen LogP contribution in [-0.4, -0.2) is 32.9 Å². The second-order valence-corrected chi connectivity index (χ2v) is 6.03. The number of unbranched alkanes of at least 4 members (excludes halogenated alkanes) is 4. The predicted molar refractivity (Wildman–Crippen MR) is 67.3 cm³/mol. The van der Waals surface area contributed by atoms with Gasteiger partial charge >= 0.3 is 12.1 Å². The Kier molecular flexibility index (Phi) is 7.61. The molecule has 0 saturated heterocycles. The van der Waals surface area contributed by atoms with Gasteiger partial charge in [-0.25, -0.2) is 4.18 Å². The summed E-state index contributed by atoms with van der Waals surface area (Å²) >= 11 is 0. The molecule has 0 aliphatic carbocycles. The molecule has 0 amide bonds. The van der Waals surface area contributed by atoms with E-state index in [0.717, 1.165) is 19.3 Å². The molecule has 0 aliphatic rings. The van der Waals surface area contributed by atoms with Crippen LogP contribution in [0.1, 0.15) is 39.0 Å². The molecular weight excluding hydrogens is 319 g/mol. The fourth-order valence-electron chi connectivity index (χ4n) is 1.30. The van der Waals surface area contributed by atoms with Crippen LogP contribution in [0.2, 0.25) is 0 Å². The van der Waals surface area contributed by atoms with Crippen molar-refractivity contribution in [2.24, 2.45) is 0 Å². The maximum atomic E-state index is 13.1. The maximum absolute atomic E-state index is 13.1. The Morgan fingerprint density at radius 3 is 2.10 bits per heavy atom. The van der Waals surface area contributed by atoms with Gasteiger partial charge in [-0.3, -0.25) is 0 Å². The van der Waals surface area contributed by atoms with Gasteiger partial charge < -0.3 is 0 Å². The van der Waals surface area contributed by atoms with Crippen molar-refractivity contribution in [2.45, 2.75) is 57.2 Å². The summed E-state index contributed by atoms with van der Waals surface area (Å²) < 4.78 is 88.4. The van der Waals surface area contributed by atoms with E-state index in [2.05, 4.69) is 10.1 Å². The molecule has 1 atom stereocenters. The lowest BCUT2D eigenvalue weighted by atomic mass is 10.1. The van der Waals surface area contributed by atoms with E-state index in [1.165, 1.54) is 0 Å². The molecule has 21 heavy (non-hydrogen) atoms. The Morgan fingerprint density at radius 1 is 1.10 bits per heavy atom. The minimum absolute atomic E-state index is 0.0948. The standard InChI is InChI=1S/C12H17F5O3S/c1-3-4-5-6-7-8-9-10(20-21(2,18)19)11(13,14)12(15,16)17/h10H,3-7H2,1-2H3. The molecule has 0 heterocycles. The van der Waals surface area contributed by atoms with Crippen molar-refractivity contribution in [3.63, 3.8) is 0 Å². The highest BCUT2D eigenvalue weighted by atomic mass is 32.2. The normalized spacial score (nSPS) is 14.4. The fourth-order valence-corrected chi connectivity index (χ4v) is 1.82. The Morgan fingerprint density at radius 2 is 1.67 bits per heavy atom. The SMILES string of the molecule is CCCCCCC#CC(OS(C)(=O)=O)C(F)(F)C(F)(F)F. The molecule has 0 saturated carbocycles. The predicted octanol–water partition coefficient (Wildman–Crippen LogP) is 3.50. The molecule has 9 heteroatoms. The zero-order valence-corrected chi connectivity index (χ0v) is 12.5. The molecule has 0 aromatic carbocycles. The van der Waals surface area contributed by atoms with Crippen LogP contribution >= 0.6 is 0 Å². The van der Waals surface area contributed by atoms with E-state index >= 15 is 0 Å². The molecule has 0 aliphatic heterocycles. The third kappa shape index (κ3) is 7.62. The first kappa shape index (κ1) is 20.1. The average Bonchev–Trinajstić information content (AvgIpc) is 2.29. The lowest BCUT2D eigenvalue weighted by Gasteiger charge is -2.24. The van der Waals surface area contributed by atoms with Crippen LogP contribution in [0.15, 0.2) is 0 Å². The molecule has 3 nitrogen and oxygen atoms in total. The number of rotatable bonds is 7. The number of halogens is 5. The fraction of sp³-hybridized carbons (Fsp3) is 0.833. The van der Waals surface area contributed by atoms with Gasteiger partial charge in [0.1, 0.15) is 0 Å². The zero-order chi connectivity index (χ0) is 16.7. The highest BCUT2D eigenvalue weighted by Crippen LogP contribution is 2.39. The second-order valence-electron chi connectivity index (χ2n) is 4.43. The van der Waals surface area contributed by atoms with Crippen LogP contribution < -0.4 is 0 Å². The van der Waals surface area contributed by atoms with Gasteiger partial charge in [0.05, 0.1) is 6.26 Å². The van der Waals surface area contributed by atoms with E-state index in [9.17, 15) is 30.4 Å². The average molecular weight is 336 g/mol. The quantitative estimate of drug-likeness (QED) is 0.309. The van der Waals surface area contributed by atoms with E-state index in [4.69, 9.17) is 0 Å². The van der Waals surface area contributed by atoms with Crippen molar-refractivity contribution in [3.8, 4) is 11.8 Å². The minimum atomic E-state index is -5.95. The number of hydrogen-bond donors (Lipinski definition) is 0. The summed E-state index contributed by atoms with van der Waals surface area (Å²) in [6.45, 7) is 1.95. The van der Waals surface area contributed by atoms with Crippen LogP contribution in [0, 0.1) is 11.8 Å². The first-order chi connectivity index (χ1) is 9.42. The van der Waals surface area contributed by atoms with E-state index in [0.29, 0.717) is 12.7 Å². The van der Waals surface area contributed by atoms with Crippen LogP contribution in [0.4, 0.5) is 22.0 Å². The molecule has 0 spiro atoms. The Balaban J connectivity index is 4.98. The summed E-state index contributed by atoms with van der Waals surface area (Å²) in [6.07, 6.45) is -5.42. The summed E-state index contributed by atoms with van der Waals surface area (Å²) in [6, 6.07) is 0. The summed E-state index contributed by atoms with van der Waals surface area (Å²) in [5.41, 5.74) is 0. The Labute approximate surface area is 121 Å². The second kappa shape index (κ2) is 7.94. The monoisotopic (exact) mass is 336 g/mol. The highest BCUT2D eigenvalue weighted by Gasteiger charge is 2.63. The van der Waals surface area contributed by atoms with Crippen molar-refractivity contribution < 1.29 is 34.6 Å². The van der Waals surface area contributed by atoms with Crippen LogP contribution in [0.5, 0.6) is 0 Å². The first-order valence-electron chi connectivity index (χ1n) is 6.23.